The molecule has 0 spiro atoms. The van der Waals surface area contributed by atoms with Gasteiger partial charge in [-0.25, -0.2) is 0 Å². The molecular weight excluding hydrogens is 346 g/mol. The molecule has 1 N–H and O–H groups in total. The predicted molar refractivity (Wildman–Crippen MR) is 101 cm³/mol. The fraction of sp³-hybridized carbons (Fsp3) is 0.143. The SMILES string of the molecule is Brc1ccccc1CNCCc1ccc(-c2ccccc2)cc1. The zero-order chi connectivity index (χ0) is 15.9. The minimum atomic E-state index is 0.892. The van der Waals surface area contributed by atoms with E-state index in [2.05, 4.69) is 94.0 Å². The molecule has 0 heterocycles. The van der Waals surface area contributed by atoms with E-state index in [-0.39, 0.29) is 0 Å². The van der Waals surface area contributed by atoms with E-state index in [0.717, 1.165) is 19.5 Å². The summed E-state index contributed by atoms with van der Waals surface area (Å²) in [5, 5.41) is 3.51. The van der Waals surface area contributed by atoms with Gasteiger partial charge < -0.3 is 5.32 Å². The van der Waals surface area contributed by atoms with Gasteiger partial charge in [0.05, 0.1) is 0 Å². The highest BCUT2D eigenvalue weighted by Crippen LogP contribution is 2.19. The third-order valence-corrected chi connectivity index (χ3v) is 4.70. The van der Waals surface area contributed by atoms with Crippen LogP contribution in [0, 0.1) is 0 Å². The quantitative estimate of drug-likeness (QED) is 0.572. The summed E-state index contributed by atoms with van der Waals surface area (Å²) in [7, 11) is 0. The van der Waals surface area contributed by atoms with Crippen LogP contribution in [-0.2, 0) is 13.0 Å². The Balaban J connectivity index is 1.50. The first kappa shape index (κ1) is 16.0. The maximum absolute atomic E-state index is 3.58. The first-order chi connectivity index (χ1) is 11.3. The number of halogens is 1. The average Bonchev–Trinajstić information content (AvgIpc) is 2.61. The van der Waals surface area contributed by atoms with Crippen molar-refractivity contribution in [2.45, 2.75) is 13.0 Å². The molecule has 0 aliphatic heterocycles. The van der Waals surface area contributed by atoms with E-state index in [1.807, 2.05) is 6.07 Å². The lowest BCUT2D eigenvalue weighted by molar-refractivity contribution is 0.685. The van der Waals surface area contributed by atoms with Crippen LogP contribution in [0.2, 0.25) is 0 Å². The van der Waals surface area contributed by atoms with Crippen molar-refractivity contribution in [2.24, 2.45) is 0 Å². The lowest BCUT2D eigenvalue weighted by Gasteiger charge is -2.08. The van der Waals surface area contributed by atoms with E-state index in [0.29, 0.717) is 0 Å². The zero-order valence-electron chi connectivity index (χ0n) is 13.0. The molecule has 2 heteroatoms. The molecule has 0 bridgehead atoms. The second kappa shape index (κ2) is 8.09. The molecule has 0 aromatic heterocycles. The highest BCUT2D eigenvalue weighted by atomic mass is 79.9. The number of hydrogen-bond acceptors (Lipinski definition) is 1. The molecule has 0 unspecified atom stereocenters. The summed E-state index contributed by atoms with van der Waals surface area (Å²) in [5.41, 5.74) is 5.21. The molecule has 0 saturated carbocycles. The Morgan fingerprint density at radius 3 is 2.09 bits per heavy atom. The summed E-state index contributed by atoms with van der Waals surface area (Å²) >= 11 is 3.58. The molecule has 1 nitrogen and oxygen atoms in total. The van der Waals surface area contributed by atoms with Gasteiger partial charge in [0.15, 0.2) is 0 Å². The normalized spacial score (nSPS) is 10.7. The van der Waals surface area contributed by atoms with Crippen LogP contribution in [0.25, 0.3) is 11.1 Å². The standard InChI is InChI=1S/C21H20BrN/c22-21-9-5-4-8-20(21)16-23-15-14-17-10-12-19(13-11-17)18-6-2-1-3-7-18/h1-13,23H,14-16H2. The maximum atomic E-state index is 3.58. The number of rotatable bonds is 6. The van der Waals surface area contributed by atoms with Crippen LogP contribution in [0.4, 0.5) is 0 Å². The average molecular weight is 366 g/mol. The topological polar surface area (TPSA) is 12.0 Å². The van der Waals surface area contributed by atoms with Gasteiger partial charge in [-0.05, 0) is 41.3 Å². The van der Waals surface area contributed by atoms with Crippen molar-refractivity contribution in [3.05, 3.63) is 94.5 Å². The van der Waals surface area contributed by atoms with Gasteiger partial charge in [0.25, 0.3) is 0 Å². The van der Waals surface area contributed by atoms with Crippen molar-refractivity contribution in [2.75, 3.05) is 6.54 Å². The number of benzene rings is 3. The fourth-order valence-corrected chi connectivity index (χ4v) is 3.02. The van der Waals surface area contributed by atoms with Crippen molar-refractivity contribution < 1.29 is 0 Å². The minimum absolute atomic E-state index is 0.892. The monoisotopic (exact) mass is 365 g/mol. The van der Waals surface area contributed by atoms with Crippen LogP contribution in [0.15, 0.2) is 83.3 Å². The van der Waals surface area contributed by atoms with Crippen LogP contribution in [-0.4, -0.2) is 6.54 Å². The Bertz CT molecular complexity index is 735. The molecule has 116 valence electrons. The largest absolute Gasteiger partial charge is 0.312 e. The summed E-state index contributed by atoms with van der Waals surface area (Å²) in [6.45, 7) is 1.87. The molecule has 3 aromatic carbocycles. The highest BCUT2D eigenvalue weighted by Gasteiger charge is 1.99. The number of nitrogens with one attached hydrogen (secondary N) is 1. The van der Waals surface area contributed by atoms with Gasteiger partial charge in [-0.1, -0.05) is 88.7 Å². The van der Waals surface area contributed by atoms with E-state index >= 15 is 0 Å². The molecule has 0 saturated heterocycles. The summed E-state index contributed by atoms with van der Waals surface area (Å²) in [5.74, 6) is 0. The first-order valence-corrected chi connectivity index (χ1v) is 8.71. The summed E-state index contributed by atoms with van der Waals surface area (Å²) < 4.78 is 1.17. The summed E-state index contributed by atoms with van der Waals surface area (Å²) in [6, 6.07) is 27.7. The van der Waals surface area contributed by atoms with E-state index in [4.69, 9.17) is 0 Å². The Kier molecular flexibility index (Phi) is 5.62. The maximum Gasteiger partial charge on any atom is 0.0220 e. The van der Waals surface area contributed by atoms with Crippen molar-refractivity contribution in [1.29, 1.82) is 0 Å². The summed E-state index contributed by atoms with van der Waals surface area (Å²) in [4.78, 5) is 0. The Labute approximate surface area is 146 Å². The van der Waals surface area contributed by atoms with E-state index < -0.39 is 0 Å². The zero-order valence-corrected chi connectivity index (χ0v) is 14.6. The van der Waals surface area contributed by atoms with Gasteiger partial charge in [0.2, 0.25) is 0 Å². The molecule has 0 aliphatic rings. The van der Waals surface area contributed by atoms with Crippen molar-refractivity contribution in [3.8, 4) is 11.1 Å². The Morgan fingerprint density at radius 2 is 1.35 bits per heavy atom. The molecule has 0 aliphatic carbocycles. The number of hydrogen-bond donors (Lipinski definition) is 1. The Morgan fingerprint density at radius 1 is 0.696 bits per heavy atom. The van der Waals surface area contributed by atoms with E-state index in [9.17, 15) is 0 Å². The molecule has 23 heavy (non-hydrogen) atoms. The fourth-order valence-electron chi connectivity index (χ4n) is 2.59. The van der Waals surface area contributed by atoms with Crippen molar-refractivity contribution in [3.63, 3.8) is 0 Å². The van der Waals surface area contributed by atoms with Crippen LogP contribution < -0.4 is 5.32 Å². The third kappa shape index (κ3) is 4.54. The summed E-state index contributed by atoms with van der Waals surface area (Å²) in [6.07, 6.45) is 1.04. The van der Waals surface area contributed by atoms with Crippen molar-refractivity contribution >= 4 is 15.9 Å². The smallest absolute Gasteiger partial charge is 0.0220 e. The molecule has 3 aromatic rings. The van der Waals surface area contributed by atoms with Gasteiger partial charge in [-0.15, -0.1) is 0 Å². The second-order valence-corrected chi connectivity index (χ2v) is 6.44. The molecule has 3 rings (SSSR count). The van der Waals surface area contributed by atoms with Gasteiger partial charge >= 0.3 is 0 Å². The lowest BCUT2D eigenvalue weighted by Crippen LogP contribution is -2.16. The van der Waals surface area contributed by atoms with Crippen LogP contribution in [0.5, 0.6) is 0 Å². The van der Waals surface area contributed by atoms with Gasteiger partial charge in [0.1, 0.15) is 0 Å². The van der Waals surface area contributed by atoms with E-state index in [1.54, 1.807) is 0 Å². The van der Waals surface area contributed by atoms with Crippen LogP contribution >= 0.6 is 15.9 Å². The Hall–Kier alpha value is -1.90. The van der Waals surface area contributed by atoms with Gasteiger partial charge in [0, 0.05) is 11.0 Å². The molecule has 0 fully saturated rings. The highest BCUT2D eigenvalue weighted by molar-refractivity contribution is 9.10. The third-order valence-electron chi connectivity index (χ3n) is 3.92. The molecule has 0 amide bonds. The molecule has 0 atom stereocenters. The van der Waals surface area contributed by atoms with Gasteiger partial charge in [-0.2, -0.15) is 0 Å². The first-order valence-electron chi connectivity index (χ1n) is 7.91. The molecule has 0 radical (unpaired) electrons. The second-order valence-electron chi connectivity index (χ2n) is 5.58. The van der Waals surface area contributed by atoms with Crippen molar-refractivity contribution in [1.82, 2.24) is 5.32 Å². The molecular formula is C21H20BrN. The van der Waals surface area contributed by atoms with Crippen LogP contribution in [0.3, 0.4) is 0 Å². The van der Waals surface area contributed by atoms with Gasteiger partial charge in [-0.3, -0.25) is 0 Å². The lowest BCUT2D eigenvalue weighted by atomic mass is 10.0. The minimum Gasteiger partial charge on any atom is -0.312 e. The van der Waals surface area contributed by atoms with Crippen LogP contribution in [0.1, 0.15) is 11.1 Å². The van der Waals surface area contributed by atoms with E-state index in [1.165, 1.54) is 26.7 Å². The predicted octanol–water partition coefficient (Wildman–Crippen LogP) is 5.45.